The van der Waals surface area contributed by atoms with Crippen molar-refractivity contribution in [2.45, 2.75) is 12.5 Å². The lowest BCUT2D eigenvalue weighted by Gasteiger charge is -2.19. The molecule has 0 bridgehead atoms. The summed E-state index contributed by atoms with van der Waals surface area (Å²) in [4.78, 5) is 24.8. The topological polar surface area (TPSA) is 84.3 Å². The molecule has 6 heteroatoms. The fourth-order valence-corrected chi connectivity index (χ4v) is 1.24. The molecule has 0 aliphatic rings. The number of terminal acetylenes is 1. The van der Waals surface area contributed by atoms with Gasteiger partial charge in [0.1, 0.15) is 0 Å². The molecule has 1 atom stereocenters. The second-order valence-corrected chi connectivity index (χ2v) is 3.69. The summed E-state index contributed by atoms with van der Waals surface area (Å²) < 4.78 is 6.14. The first kappa shape index (κ1) is 14.0. The maximum atomic E-state index is 11.5. The number of aromatic amines is 1. The fourth-order valence-electron chi connectivity index (χ4n) is 1.24. The van der Waals surface area contributed by atoms with Crippen LogP contribution in [-0.2, 0) is 4.74 Å². The molecule has 1 heterocycles. The van der Waals surface area contributed by atoms with E-state index < -0.39 is 23.5 Å². The Bertz CT molecular complexity index is 600. The standard InChI is InChI=1S/C12H14N2O4/c1-4-12(8-15,18-3)5-6-14-7-9(2)10(16)13-11(14)17/h1,5-7,15H,8H2,2-3H3,(H,13,16,17)/t12-/m0/s1. The van der Waals surface area contributed by atoms with E-state index in [1.54, 1.807) is 6.92 Å². The number of aryl methyl sites for hydroxylation is 1. The number of rotatable bonds is 4. The van der Waals surface area contributed by atoms with E-state index in [1.807, 2.05) is 0 Å². The van der Waals surface area contributed by atoms with Crippen molar-refractivity contribution in [1.82, 2.24) is 9.55 Å². The van der Waals surface area contributed by atoms with E-state index in [4.69, 9.17) is 16.3 Å². The highest BCUT2D eigenvalue weighted by atomic mass is 16.5. The number of nitrogens with zero attached hydrogens (tertiary/aromatic N) is 1. The number of aromatic nitrogens is 2. The van der Waals surface area contributed by atoms with Gasteiger partial charge in [-0.25, -0.2) is 4.79 Å². The third-order valence-corrected chi connectivity index (χ3v) is 2.49. The normalized spacial score (nSPS) is 14.3. The third-order valence-electron chi connectivity index (χ3n) is 2.49. The highest BCUT2D eigenvalue weighted by Crippen LogP contribution is 2.09. The number of nitrogens with one attached hydrogen (secondary N) is 1. The number of aliphatic hydroxyl groups excluding tert-OH is 1. The molecule has 0 radical (unpaired) electrons. The first-order valence-corrected chi connectivity index (χ1v) is 5.13. The van der Waals surface area contributed by atoms with Crippen LogP contribution >= 0.6 is 0 Å². The van der Waals surface area contributed by atoms with E-state index in [0.29, 0.717) is 5.56 Å². The van der Waals surface area contributed by atoms with Gasteiger partial charge < -0.3 is 9.84 Å². The van der Waals surface area contributed by atoms with Crippen LogP contribution in [0.15, 0.2) is 21.9 Å². The Labute approximate surface area is 104 Å². The minimum Gasteiger partial charge on any atom is -0.392 e. The summed E-state index contributed by atoms with van der Waals surface area (Å²) in [6, 6.07) is 0. The zero-order valence-corrected chi connectivity index (χ0v) is 10.1. The van der Waals surface area contributed by atoms with E-state index >= 15 is 0 Å². The lowest BCUT2D eigenvalue weighted by Crippen LogP contribution is -2.33. The van der Waals surface area contributed by atoms with Gasteiger partial charge in [0.25, 0.3) is 5.56 Å². The SMILES string of the molecule is C#C[C@](C=Cn1cc(C)c(=O)[nH]c1=O)(CO)OC. The Hall–Kier alpha value is -2.10. The molecule has 0 spiro atoms. The Balaban J connectivity index is 3.20. The zero-order valence-electron chi connectivity index (χ0n) is 10.1. The maximum absolute atomic E-state index is 11.5. The van der Waals surface area contributed by atoms with E-state index in [-0.39, 0.29) is 0 Å². The van der Waals surface area contributed by atoms with Crippen LogP contribution in [0.25, 0.3) is 6.20 Å². The van der Waals surface area contributed by atoms with Crippen molar-refractivity contribution in [2.75, 3.05) is 13.7 Å². The molecule has 0 unspecified atom stereocenters. The summed E-state index contributed by atoms with van der Waals surface area (Å²) in [6.07, 6.45) is 9.33. The Morgan fingerprint density at radius 3 is 2.83 bits per heavy atom. The molecule has 0 saturated carbocycles. The van der Waals surface area contributed by atoms with Crippen molar-refractivity contribution in [2.24, 2.45) is 0 Å². The van der Waals surface area contributed by atoms with Gasteiger partial charge in [-0.15, -0.1) is 6.42 Å². The monoisotopic (exact) mass is 250 g/mol. The average Bonchev–Trinajstić information content (AvgIpc) is 2.37. The summed E-state index contributed by atoms with van der Waals surface area (Å²) in [7, 11) is 1.35. The van der Waals surface area contributed by atoms with Crippen LogP contribution in [0.4, 0.5) is 0 Å². The molecular formula is C12H14N2O4. The predicted octanol–water partition coefficient (Wildman–Crippen LogP) is -0.674. The van der Waals surface area contributed by atoms with E-state index in [2.05, 4.69) is 10.9 Å². The number of hydrogen-bond acceptors (Lipinski definition) is 4. The lowest BCUT2D eigenvalue weighted by molar-refractivity contribution is 0.0307. The summed E-state index contributed by atoms with van der Waals surface area (Å²) >= 11 is 0. The number of methoxy groups -OCH3 is 1. The van der Waals surface area contributed by atoms with Crippen LogP contribution < -0.4 is 11.2 Å². The molecule has 0 saturated heterocycles. The Morgan fingerprint density at radius 2 is 2.33 bits per heavy atom. The van der Waals surface area contributed by atoms with Crippen LogP contribution in [0.5, 0.6) is 0 Å². The summed E-state index contributed by atoms with van der Waals surface area (Å²) in [5, 5.41) is 9.16. The van der Waals surface area contributed by atoms with Gasteiger partial charge in [-0.1, -0.05) is 5.92 Å². The van der Waals surface area contributed by atoms with Crippen molar-refractivity contribution in [3.63, 3.8) is 0 Å². The van der Waals surface area contributed by atoms with Gasteiger partial charge in [-0.3, -0.25) is 14.3 Å². The molecule has 0 aliphatic carbocycles. The second-order valence-electron chi connectivity index (χ2n) is 3.69. The van der Waals surface area contributed by atoms with E-state index in [0.717, 1.165) is 4.57 Å². The van der Waals surface area contributed by atoms with Crippen molar-refractivity contribution >= 4 is 6.20 Å². The quantitative estimate of drug-likeness (QED) is 0.694. The molecule has 0 amide bonds. The van der Waals surface area contributed by atoms with Gasteiger partial charge in [0.2, 0.25) is 0 Å². The highest BCUT2D eigenvalue weighted by Gasteiger charge is 2.22. The van der Waals surface area contributed by atoms with Crippen molar-refractivity contribution < 1.29 is 9.84 Å². The fraction of sp³-hybridized carbons (Fsp3) is 0.333. The molecule has 6 nitrogen and oxygen atoms in total. The molecule has 1 aromatic heterocycles. The van der Waals surface area contributed by atoms with Gasteiger partial charge in [0.15, 0.2) is 5.60 Å². The number of ether oxygens (including phenoxy) is 1. The van der Waals surface area contributed by atoms with Crippen LogP contribution in [0.2, 0.25) is 0 Å². The predicted molar refractivity (Wildman–Crippen MR) is 67.0 cm³/mol. The molecule has 18 heavy (non-hydrogen) atoms. The van der Waals surface area contributed by atoms with Crippen molar-refractivity contribution in [3.8, 4) is 12.3 Å². The molecule has 2 N–H and O–H groups in total. The molecule has 1 rings (SSSR count). The van der Waals surface area contributed by atoms with Gasteiger partial charge in [-0.2, -0.15) is 0 Å². The lowest BCUT2D eigenvalue weighted by atomic mass is 10.1. The van der Waals surface area contributed by atoms with E-state index in [9.17, 15) is 9.59 Å². The maximum Gasteiger partial charge on any atom is 0.332 e. The summed E-state index contributed by atoms with van der Waals surface area (Å²) in [5.41, 5.74) is -1.95. The Morgan fingerprint density at radius 1 is 1.67 bits per heavy atom. The first-order chi connectivity index (χ1) is 8.48. The second kappa shape index (κ2) is 5.49. The average molecular weight is 250 g/mol. The molecule has 0 aromatic carbocycles. The van der Waals surface area contributed by atoms with Crippen LogP contribution in [0.3, 0.4) is 0 Å². The van der Waals surface area contributed by atoms with E-state index in [1.165, 1.54) is 25.6 Å². The van der Waals surface area contributed by atoms with Gasteiger partial charge in [-0.05, 0) is 13.0 Å². The summed E-state index contributed by atoms with van der Waals surface area (Å²) in [6.45, 7) is 1.15. The molecule has 0 aliphatic heterocycles. The molecule has 0 fully saturated rings. The minimum absolute atomic E-state index is 0.381. The smallest absolute Gasteiger partial charge is 0.332 e. The number of H-pyrrole nitrogens is 1. The Kier molecular flexibility index (Phi) is 4.26. The number of hydrogen-bond donors (Lipinski definition) is 2. The zero-order chi connectivity index (χ0) is 13.8. The highest BCUT2D eigenvalue weighted by molar-refractivity contribution is 5.33. The van der Waals surface area contributed by atoms with Crippen LogP contribution in [-0.4, -0.2) is 34.0 Å². The largest absolute Gasteiger partial charge is 0.392 e. The van der Waals surface area contributed by atoms with Crippen LogP contribution in [0.1, 0.15) is 5.56 Å². The third kappa shape index (κ3) is 2.77. The molecular weight excluding hydrogens is 236 g/mol. The van der Waals surface area contributed by atoms with Crippen molar-refractivity contribution in [3.05, 3.63) is 38.7 Å². The molecule has 1 aromatic rings. The first-order valence-electron chi connectivity index (χ1n) is 5.13. The van der Waals surface area contributed by atoms with Crippen molar-refractivity contribution in [1.29, 1.82) is 0 Å². The van der Waals surface area contributed by atoms with Gasteiger partial charge >= 0.3 is 5.69 Å². The molecule has 96 valence electrons. The van der Waals surface area contributed by atoms with Gasteiger partial charge in [0, 0.05) is 25.1 Å². The number of aliphatic hydroxyl groups is 1. The summed E-state index contributed by atoms with van der Waals surface area (Å²) in [5.74, 6) is 2.28. The van der Waals surface area contributed by atoms with Crippen LogP contribution in [0, 0.1) is 19.3 Å². The minimum atomic E-state index is -1.29. The van der Waals surface area contributed by atoms with Gasteiger partial charge in [0.05, 0.1) is 6.61 Å².